The molecule has 114 valence electrons. The fraction of sp³-hybridized carbons (Fsp3) is 0.714. The molecule has 0 unspecified atom stereocenters. The molecule has 0 aromatic heterocycles. The first-order chi connectivity index (χ1) is 8.89. The van der Waals surface area contributed by atoms with Gasteiger partial charge in [-0.1, -0.05) is 13.8 Å². The van der Waals surface area contributed by atoms with Gasteiger partial charge in [0.1, 0.15) is 6.42 Å². The van der Waals surface area contributed by atoms with Crippen molar-refractivity contribution in [3.63, 3.8) is 0 Å². The lowest BCUT2D eigenvalue weighted by Gasteiger charge is -2.33. The molecule has 0 rings (SSSR count). The Balaban J connectivity index is 4.95. The lowest BCUT2D eigenvalue weighted by Crippen LogP contribution is -2.50. The number of imide groups is 2. The fourth-order valence-electron chi connectivity index (χ4n) is 1.86. The first kappa shape index (κ1) is 18.3. The third kappa shape index (κ3) is 4.75. The number of nitrogens with zero attached hydrogens (tertiary/aromatic N) is 2. The van der Waals surface area contributed by atoms with E-state index in [9.17, 15) is 19.2 Å². The molecular formula is C14H24N2O4. The summed E-state index contributed by atoms with van der Waals surface area (Å²) in [4.78, 5) is 49.2. The second-order valence-electron chi connectivity index (χ2n) is 6.04. The van der Waals surface area contributed by atoms with Crippen molar-refractivity contribution in [1.82, 2.24) is 9.80 Å². The van der Waals surface area contributed by atoms with Crippen LogP contribution in [0.15, 0.2) is 0 Å². The van der Waals surface area contributed by atoms with Crippen molar-refractivity contribution >= 4 is 23.6 Å². The van der Waals surface area contributed by atoms with Gasteiger partial charge in [-0.15, -0.1) is 0 Å². The number of carbonyl (C=O) groups excluding carboxylic acids is 4. The summed E-state index contributed by atoms with van der Waals surface area (Å²) in [6.45, 7) is 9.74. The summed E-state index contributed by atoms with van der Waals surface area (Å²) in [7, 11) is 1.34. The predicted octanol–water partition coefficient (Wildman–Crippen LogP) is 1.19. The summed E-state index contributed by atoms with van der Waals surface area (Å²) < 4.78 is 0. The second kappa shape index (κ2) is 6.63. The van der Waals surface area contributed by atoms with Crippen LogP contribution in [0, 0.1) is 5.92 Å². The zero-order chi connectivity index (χ0) is 16.2. The third-order valence-corrected chi connectivity index (χ3v) is 2.74. The van der Waals surface area contributed by atoms with Gasteiger partial charge < -0.3 is 0 Å². The molecule has 0 aromatic rings. The van der Waals surface area contributed by atoms with E-state index in [4.69, 9.17) is 0 Å². The molecule has 0 fully saturated rings. The van der Waals surface area contributed by atoms with Crippen LogP contribution in [0.1, 0.15) is 48.0 Å². The Bertz CT molecular complexity index is 421. The van der Waals surface area contributed by atoms with E-state index in [2.05, 4.69) is 0 Å². The van der Waals surface area contributed by atoms with Crippen molar-refractivity contribution < 1.29 is 19.2 Å². The minimum Gasteiger partial charge on any atom is -0.285 e. The Morgan fingerprint density at radius 1 is 1.00 bits per heavy atom. The number of hydrogen-bond acceptors (Lipinski definition) is 4. The lowest BCUT2D eigenvalue weighted by atomic mass is 10.0. The molecular weight excluding hydrogens is 260 g/mol. The number of rotatable bonds is 3. The van der Waals surface area contributed by atoms with Crippen LogP contribution >= 0.6 is 0 Å². The van der Waals surface area contributed by atoms with Gasteiger partial charge in [0.25, 0.3) is 0 Å². The first-order valence-electron chi connectivity index (χ1n) is 6.53. The van der Waals surface area contributed by atoms with Gasteiger partial charge in [0, 0.05) is 25.4 Å². The molecule has 20 heavy (non-hydrogen) atoms. The molecule has 0 saturated heterocycles. The summed E-state index contributed by atoms with van der Waals surface area (Å²) in [5, 5.41) is 0. The lowest BCUT2D eigenvalue weighted by molar-refractivity contribution is -0.152. The van der Waals surface area contributed by atoms with Crippen molar-refractivity contribution in [3.8, 4) is 0 Å². The van der Waals surface area contributed by atoms with E-state index >= 15 is 0 Å². The van der Waals surface area contributed by atoms with E-state index in [0.717, 1.165) is 9.80 Å². The molecule has 0 radical (unpaired) electrons. The minimum absolute atomic E-state index is 0.328. The molecule has 0 spiro atoms. The molecule has 6 nitrogen and oxygen atoms in total. The van der Waals surface area contributed by atoms with E-state index in [1.807, 2.05) is 0 Å². The van der Waals surface area contributed by atoms with Crippen LogP contribution in [-0.2, 0) is 19.2 Å². The van der Waals surface area contributed by atoms with Crippen molar-refractivity contribution in [1.29, 1.82) is 0 Å². The maximum absolute atomic E-state index is 12.1. The SMILES string of the molecule is CC(=O)N(C(=O)CC(=O)N(C)C(=O)C(C)C)C(C)(C)C. The molecule has 0 aliphatic rings. The Morgan fingerprint density at radius 3 is 1.75 bits per heavy atom. The van der Waals surface area contributed by atoms with Gasteiger partial charge >= 0.3 is 0 Å². The van der Waals surface area contributed by atoms with Crippen LogP contribution in [0.25, 0.3) is 0 Å². The summed E-state index contributed by atoms with van der Waals surface area (Å²) >= 11 is 0. The van der Waals surface area contributed by atoms with Gasteiger partial charge in [0.05, 0.1) is 0 Å². The normalized spacial score (nSPS) is 11.2. The number of hydrogen-bond donors (Lipinski definition) is 0. The van der Waals surface area contributed by atoms with E-state index in [1.54, 1.807) is 34.6 Å². The fourth-order valence-corrected chi connectivity index (χ4v) is 1.86. The molecule has 0 aliphatic carbocycles. The first-order valence-corrected chi connectivity index (χ1v) is 6.53. The zero-order valence-corrected chi connectivity index (χ0v) is 13.3. The standard InChI is InChI=1S/C14H24N2O4/c1-9(2)13(20)15(7)11(18)8-12(19)16(10(3)17)14(4,5)6/h9H,8H2,1-7H3. The summed E-state index contributed by atoms with van der Waals surface area (Å²) in [5.41, 5.74) is -0.705. The van der Waals surface area contributed by atoms with Gasteiger partial charge in [-0.25, -0.2) is 0 Å². The van der Waals surface area contributed by atoms with E-state index in [1.165, 1.54) is 14.0 Å². The molecule has 6 heteroatoms. The Hall–Kier alpha value is -1.72. The molecule has 0 atom stereocenters. The molecule has 4 amide bonds. The van der Waals surface area contributed by atoms with Gasteiger partial charge in [-0.05, 0) is 20.8 Å². The molecule has 0 aliphatic heterocycles. The van der Waals surface area contributed by atoms with Gasteiger partial charge in [0.2, 0.25) is 23.6 Å². The van der Waals surface area contributed by atoms with Gasteiger partial charge in [0.15, 0.2) is 0 Å². The van der Waals surface area contributed by atoms with Crippen molar-refractivity contribution in [2.45, 2.75) is 53.5 Å². The highest BCUT2D eigenvalue weighted by atomic mass is 16.2. The van der Waals surface area contributed by atoms with E-state index < -0.39 is 29.7 Å². The van der Waals surface area contributed by atoms with Crippen LogP contribution in [0.5, 0.6) is 0 Å². The molecule has 0 N–H and O–H groups in total. The van der Waals surface area contributed by atoms with Crippen LogP contribution in [0.4, 0.5) is 0 Å². The number of carbonyl (C=O) groups is 4. The van der Waals surface area contributed by atoms with Crippen molar-refractivity contribution in [2.75, 3.05) is 7.05 Å². The smallest absolute Gasteiger partial charge is 0.239 e. The zero-order valence-electron chi connectivity index (χ0n) is 13.3. The Morgan fingerprint density at radius 2 is 1.45 bits per heavy atom. The average Bonchev–Trinajstić information content (AvgIpc) is 2.23. The highest BCUT2D eigenvalue weighted by molar-refractivity contribution is 6.07. The monoisotopic (exact) mass is 284 g/mol. The van der Waals surface area contributed by atoms with E-state index in [0.29, 0.717) is 0 Å². The average molecular weight is 284 g/mol. The van der Waals surface area contributed by atoms with Crippen LogP contribution in [0.2, 0.25) is 0 Å². The second-order valence-corrected chi connectivity index (χ2v) is 6.04. The summed E-state index contributed by atoms with van der Waals surface area (Å²) in [5.74, 6) is -2.31. The van der Waals surface area contributed by atoms with Crippen molar-refractivity contribution in [2.24, 2.45) is 5.92 Å². The molecule has 0 saturated carbocycles. The van der Waals surface area contributed by atoms with Crippen LogP contribution < -0.4 is 0 Å². The van der Waals surface area contributed by atoms with Gasteiger partial charge in [-0.2, -0.15) is 0 Å². The topological polar surface area (TPSA) is 74.8 Å². The third-order valence-electron chi connectivity index (χ3n) is 2.74. The highest BCUT2D eigenvalue weighted by Crippen LogP contribution is 2.15. The molecule has 0 aromatic carbocycles. The van der Waals surface area contributed by atoms with E-state index in [-0.39, 0.29) is 11.8 Å². The maximum Gasteiger partial charge on any atom is 0.239 e. The summed E-state index contributed by atoms with van der Waals surface area (Å²) in [6, 6.07) is 0. The van der Waals surface area contributed by atoms with Crippen molar-refractivity contribution in [3.05, 3.63) is 0 Å². The number of amides is 4. The maximum atomic E-state index is 12.1. The Labute approximate surface area is 120 Å². The Kier molecular flexibility index (Phi) is 6.06. The molecule has 0 heterocycles. The van der Waals surface area contributed by atoms with Crippen LogP contribution in [0.3, 0.4) is 0 Å². The van der Waals surface area contributed by atoms with Gasteiger partial charge in [-0.3, -0.25) is 29.0 Å². The van der Waals surface area contributed by atoms with Crippen LogP contribution in [-0.4, -0.2) is 46.0 Å². The molecule has 0 bridgehead atoms. The minimum atomic E-state index is -0.705. The highest BCUT2D eigenvalue weighted by Gasteiger charge is 2.32. The quantitative estimate of drug-likeness (QED) is 0.730. The summed E-state index contributed by atoms with van der Waals surface area (Å²) in [6.07, 6.45) is -0.494. The largest absolute Gasteiger partial charge is 0.285 e. The predicted molar refractivity (Wildman–Crippen MR) is 74.5 cm³/mol.